The zero-order chi connectivity index (χ0) is 10.6. The second kappa shape index (κ2) is 4.60. The summed E-state index contributed by atoms with van der Waals surface area (Å²) in [5.41, 5.74) is -0.0997. The van der Waals surface area contributed by atoms with Crippen LogP contribution < -0.4 is 10.7 Å². The average Bonchev–Trinajstić information content (AvgIpc) is 2.18. The predicted molar refractivity (Wildman–Crippen MR) is 54.3 cm³/mol. The Hall–Kier alpha value is -1.58. The highest BCUT2D eigenvalue weighted by atomic mass is 16.2. The summed E-state index contributed by atoms with van der Waals surface area (Å²) < 4.78 is 0. The lowest BCUT2D eigenvalue weighted by Gasteiger charge is -2.10. The van der Waals surface area contributed by atoms with Gasteiger partial charge >= 0.3 is 0 Å². The summed E-state index contributed by atoms with van der Waals surface area (Å²) in [6.07, 6.45) is 3.76. The first-order chi connectivity index (χ1) is 6.65. The zero-order valence-electron chi connectivity index (χ0n) is 8.33. The lowest BCUT2D eigenvalue weighted by molar-refractivity contribution is 0.0938. The van der Waals surface area contributed by atoms with E-state index in [0.29, 0.717) is 0 Å². The van der Waals surface area contributed by atoms with Crippen LogP contribution in [-0.4, -0.2) is 16.9 Å². The molecule has 0 radical (unpaired) electrons. The highest BCUT2D eigenvalue weighted by molar-refractivity contribution is 5.93. The summed E-state index contributed by atoms with van der Waals surface area (Å²) in [6.45, 7) is 3.87. The third-order valence-electron chi connectivity index (χ3n) is 2.06. The van der Waals surface area contributed by atoms with Gasteiger partial charge in [-0.25, -0.2) is 0 Å². The van der Waals surface area contributed by atoms with Gasteiger partial charge in [-0.3, -0.25) is 9.59 Å². The number of carbonyl (C=O) groups is 1. The van der Waals surface area contributed by atoms with E-state index in [-0.39, 0.29) is 22.9 Å². The van der Waals surface area contributed by atoms with Crippen LogP contribution in [0.25, 0.3) is 0 Å². The number of nitrogens with one attached hydrogen (secondary N) is 2. The molecule has 1 amide bonds. The van der Waals surface area contributed by atoms with E-state index in [1.165, 1.54) is 18.5 Å². The Labute approximate surface area is 82.3 Å². The standard InChI is InChI=1S/C10H14N2O2/c1-3-7(2)12-10(14)8-6-11-5-4-9(8)13/h4-7H,3H2,1-2H3,(H,11,13)(H,12,14). The van der Waals surface area contributed by atoms with Crippen molar-refractivity contribution in [2.45, 2.75) is 26.3 Å². The third kappa shape index (κ3) is 2.45. The number of rotatable bonds is 3. The quantitative estimate of drug-likeness (QED) is 0.751. The molecule has 4 nitrogen and oxygen atoms in total. The monoisotopic (exact) mass is 194 g/mol. The van der Waals surface area contributed by atoms with Crippen molar-refractivity contribution in [3.63, 3.8) is 0 Å². The van der Waals surface area contributed by atoms with Gasteiger partial charge in [-0.05, 0) is 13.3 Å². The molecule has 1 rings (SSSR count). The summed E-state index contributed by atoms with van der Waals surface area (Å²) >= 11 is 0. The number of aromatic amines is 1. The second-order valence-electron chi connectivity index (χ2n) is 3.21. The van der Waals surface area contributed by atoms with Gasteiger partial charge in [-0.1, -0.05) is 6.92 Å². The first kappa shape index (κ1) is 10.5. The van der Waals surface area contributed by atoms with Crippen molar-refractivity contribution in [1.82, 2.24) is 10.3 Å². The number of aromatic nitrogens is 1. The summed E-state index contributed by atoms with van der Waals surface area (Å²) in [6, 6.07) is 1.42. The molecule has 0 bridgehead atoms. The second-order valence-corrected chi connectivity index (χ2v) is 3.21. The molecule has 76 valence electrons. The lowest BCUT2D eigenvalue weighted by atomic mass is 10.2. The van der Waals surface area contributed by atoms with Crippen LogP contribution in [-0.2, 0) is 0 Å². The molecule has 0 fully saturated rings. The van der Waals surface area contributed by atoms with Gasteiger partial charge in [0, 0.05) is 24.5 Å². The molecule has 1 unspecified atom stereocenters. The fourth-order valence-corrected chi connectivity index (χ4v) is 0.997. The third-order valence-corrected chi connectivity index (χ3v) is 2.06. The molecule has 0 saturated heterocycles. The number of pyridine rings is 1. The molecule has 1 atom stereocenters. The number of amides is 1. The first-order valence-corrected chi connectivity index (χ1v) is 4.63. The Morgan fingerprint density at radius 2 is 2.36 bits per heavy atom. The van der Waals surface area contributed by atoms with Gasteiger partial charge in [0.1, 0.15) is 5.56 Å². The molecule has 0 aliphatic rings. The fraction of sp³-hybridized carbons (Fsp3) is 0.400. The molecule has 1 heterocycles. The van der Waals surface area contributed by atoms with Crippen molar-refractivity contribution in [3.8, 4) is 0 Å². The molecule has 1 aromatic heterocycles. The first-order valence-electron chi connectivity index (χ1n) is 4.63. The Morgan fingerprint density at radius 1 is 1.64 bits per heavy atom. The summed E-state index contributed by atoms with van der Waals surface area (Å²) in [5, 5.41) is 2.73. The van der Waals surface area contributed by atoms with E-state index < -0.39 is 0 Å². The van der Waals surface area contributed by atoms with Crippen molar-refractivity contribution >= 4 is 5.91 Å². The van der Waals surface area contributed by atoms with E-state index in [2.05, 4.69) is 10.3 Å². The maximum atomic E-state index is 11.5. The van der Waals surface area contributed by atoms with Gasteiger partial charge in [-0.15, -0.1) is 0 Å². The average molecular weight is 194 g/mol. The van der Waals surface area contributed by atoms with Gasteiger partial charge in [0.05, 0.1) is 0 Å². The van der Waals surface area contributed by atoms with Crippen molar-refractivity contribution < 1.29 is 4.79 Å². The Kier molecular flexibility index (Phi) is 3.45. The van der Waals surface area contributed by atoms with Gasteiger partial charge in [0.25, 0.3) is 5.91 Å². The smallest absolute Gasteiger partial charge is 0.256 e. The van der Waals surface area contributed by atoms with Gasteiger partial charge in [0.15, 0.2) is 5.43 Å². The highest BCUT2D eigenvalue weighted by Crippen LogP contribution is 1.92. The zero-order valence-corrected chi connectivity index (χ0v) is 8.33. The normalized spacial score (nSPS) is 12.1. The minimum Gasteiger partial charge on any atom is -0.367 e. The molecule has 14 heavy (non-hydrogen) atoms. The molecular weight excluding hydrogens is 180 g/mol. The van der Waals surface area contributed by atoms with Crippen molar-refractivity contribution in [3.05, 3.63) is 34.2 Å². The molecule has 0 spiro atoms. The molecular formula is C10H14N2O2. The lowest BCUT2D eigenvalue weighted by Crippen LogP contribution is -2.34. The maximum Gasteiger partial charge on any atom is 0.256 e. The Morgan fingerprint density at radius 3 is 2.93 bits per heavy atom. The van der Waals surface area contributed by atoms with E-state index in [1.807, 2.05) is 13.8 Å². The van der Waals surface area contributed by atoms with E-state index >= 15 is 0 Å². The molecule has 1 aromatic rings. The number of carbonyl (C=O) groups excluding carboxylic acids is 1. The molecule has 0 saturated carbocycles. The highest BCUT2D eigenvalue weighted by Gasteiger charge is 2.10. The van der Waals surface area contributed by atoms with E-state index in [0.717, 1.165) is 6.42 Å². The predicted octanol–water partition coefficient (Wildman–Crippen LogP) is 0.903. The van der Waals surface area contributed by atoms with E-state index in [1.54, 1.807) is 0 Å². The number of hydrogen-bond donors (Lipinski definition) is 2. The summed E-state index contributed by atoms with van der Waals surface area (Å²) in [4.78, 5) is 25.5. The summed E-state index contributed by atoms with van der Waals surface area (Å²) in [7, 11) is 0. The maximum absolute atomic E-state index is 11.5. The van der Waals surface area contributed by atoms with E-state index in [9.17, 15) is 9.59 Å². The molecule has 2 N–H and O–H groups in total. The van der Waals surface area contributed by atoms with Crippen LogP contribution in [0, 0.1) is 0 Å². The number of H-pyrrole nitrogens is 1. The van der Waals surface area contributed by atoms with Crippen LogP contribution in [0.3, 0.4) is 0 Å². The Bertz CT molecular complexity index is 370. The minimum absolute atomic E-state index is 0.0853. The Balaban J connectivity index is 2.80. The summed E-state index contributed by atoms with van der Waals surface area (Å²) in [5.74, 6) is -0.318. The van der Waals surface area contributed by atoms with Crippen LogP contribution in [0.4, 0.5) is 0 Å². The van der Waals surface area contributed by atoms with E-state index in [4.69, 9.17) is 0 Å². The van der Waals surface area contributed by atoms with Gasteiger partial charge in [0.2, 0.25) is 0 Å². The molecule has 0 aromatic carbocycles. The minimum atomic E-state index is -0.318. The van der Waals surface area contributed by atoms with Gasteiger partial charge in [-0.2, -0.15) is 0 Å². The van der Waals surface area contributed by atoms with Crippen molar-refractivity contribution in [2.75, 3.05) is 0 Å². The van der Waals surface area contributed by atoms with Crippen LogP contribution in [0.2, 0.25) is 0 Å². The van der Waals surface area contributed by atoms with Crippen LogP contribution in [0.5, 0.6) is 0 Å². The number of hydrogen-bond acceptors (Lipinski definition) is 2. The van der Waals surface area contributed by atoms with Crippen LogP contribution in [0.1, 0.15) is 30.6 Å². The van der Waals surface area contributed by atoms with Crippen molar-refractivity contribution in [2.24, 2.45) is 0 Å². The molecule has 0 aliphatic heterocycles. The van der Waals surface area contributed by atoms with Gasteiger partial charge < -0.3 is 10.3 Å². The largest absolute Gasteiger partial charge is 0.367 e. The van der Waals surface area contributed by atoms with Crippen molar-refractivity contribution in [1.29, 1.82) is 0 Å². The SMILES string of the molecule is CCC(C)NC(=O)c1c[nH]ccc1=O. The molecule has 0 aliphatic carbocycles. The fourth-order valence-electron chi connectivity index (χ4n) is 0.997. The van der Waals surface area contributed by atoms with Crippen LogP contribution in [0.15, 0.2) is 23.3 Å². The molecule has 4 heteroatoms. The topological polar surface area (TPSA) is 62.0 Å². The van der Waals surface area contributed by atoms with Crippen LogP contribution >= 0.6 is 0 Å².